The molecule has 0 spiro atoms. The van der Waals surface area contributed by atoms with E-state index in [1.165, 1.54) is 12.8 Å². The van der Waals surface area contributed by atoms with Crippen molar-refractivity contribution in [3.05, 3.63) is 17.5 Å². The van der Waals surface area contributed by atoms with Crippen LogP contribution in [0.3, 0.4) is 0 Å². The van der Waals surface area contributed by atoms with E-state index in [0.717, 1.165) is 56.0 Å². The fourth-order valence-electron chi connectivity index (χ4n) is 3.99. The normalized spacial score (nSPS) is 25.9. The van der Waals surface area contributed by atoms with Crippen LogP contribution in [0.5, 0.6) is 0 Å². The molecule has 24 heavy (non-hydrogen) atoms. The topological polar surface area (TPSA) is 55.2 Å². The highest BCUT2D eigenvalue weighted by Crippen LogP contribution is 2.29. The van der Waals surface area contributed by atoms with Crippen LogP contribution in [-0.4, -0.2) is 57.8 Å². The molecule has 1 N–H and O–H groups in total. The van der Waals surface area contributed by atoms with E-state index in [4.69, 9.17) is 16.3 Å². The molecule has 7 heteroatoms. The molecule has 0 radical (unpaired) electrons. The number of rotatable bonds is 3. The number of halogens is 1. The Morgan fingerprint density at radius 1 is 1.17 bits per heavy atom. The van der Waals surface area contributed by atoms with Crippen molar-refractivity contribution in [1.82, 2.24) is 19.4 Å². The number of nitrogens with zero attached hydrogens (tertiary/aromatic N) is 4. The molecule has 1 saturated carbocycles. The summed E-state index contributed by atoms with van der Waals surface area (Å²) in [6.07, 6.45) is 6.78. The van der Waals surface area contributed by atoms with Gasteiger partial charge in [0.05, 0.1) is 18.7 Å². The molecule has 1 saturated heterocycles. The third-order valence-corrected chi connectivity index (χ3v) is 5.46. The first kappa shape index (κ1) is 16.1. The fourth-order valence-corrected chi connectivity index (χ4v) is 4.16. The highest BCUT2D eigenvalue weighted by atomic mass is 35.5. The molecule has 1 aliphatic heterocycles. The second-order valence-corrected chi connectivity index (χ2v) is 7.14. The summed E-state index contributed by atoms with van der Waals surface area (Å²) in [5.41, 5.74) is 1.91. The molecule has 2 aromatic rings. The average Bonchev–Trinajstić information content (AvgIpc) is 2.97. The van der Waals surface area contributed by atoms with Gasteiger partial charge in [-0.1, -0.05) is 0 Å². The zero-order valence-corrected chi connectivity index (χ0v) is 14.8. The van der Waals surface area contributed by atoms with Gasteiger partial charge in [-0.25, -0.2) is 4.98 Å². The van der Waals surface area contributed by atoms with Crippen molar-refractivity contribution in [2.45, 2.75) is 37.8 Å². The first-order valence-electron chi connectivity index (χ1n) is 8.77. The lowest BCUT2D eigenvalue weighted by atomic mass is 9.90. The SMILES string of the molecule is Cn1ccc2nc(Cl)nc(NC3CCC(N4CCOCC4)CC3)c21. The third kappa shape index (κ3) is 3.23. The van der Waals surface area contributed by atoms with Crippen LogP contribution >= 0.6 is 11.6 Å². The van der Waals surface area contributed by atoms with Crippen molar-refractivity contribution in [2.24, 2.45) is 7.05 Å². The van der Waals surface area contributed by atoms with Crippen molar-refractivity contribution in [2.75, 3.05) is 31.6 Å². The minimum atomic E-state index is 0.304. The van der Waals surface area contributed by atoms with Crippen LogP contribution in [0.15, 0.2) is 12.3 Å². The Bertz CT molecular complexity index is 704. The van der Waals surface area contributed by atoms with Crippen molar-refractivity contribution >= 4 is 28.5 Å². The van der Waals surface area contributed by atoms with Crippen molar-refractivity contribution in [3.8, 4) is 0 Å². The van der Waals surface area contributed by atoms with E-state index in [1.54, 1.807) is 0 Å². The Morgan fingerprint density at radius 3 is 2.67 bits per heavy atom. The molecule has 2 aliphatic rings. The minimum absolute atomic E-state index is 0.304. The molecular weight excluding hydrogens is 326 g/mol. The van der Waals surface area contributed by atoms with Gasteiger partial charge in [0.2, 0.25) is 5.28 Å². The van der Waals surface area contributed by atoms with Crippen LogP contribution in [0.4, 0.5) is 5.82 Å². The van der Waals surface area contributed by atoms with Crippen LogP contribution in [0, 0.1) is 0 Å². The van der Waals surface area contributed by atoms with E-state index < -0.39 is 0 Å². The predicted octanol–water partition coefficient (Wildman–Crippen LogP) is 2.68. The van der Waals surface area contributed by atoms with Gasteiger partial charge < -0.3 is 14.6 Å². The Morgan fingerprint density at radius 2 is 1.92 bits per heavy atom. The number of aromatic nitrogens is 3. The lowest BCUT2D eigenvalue weighted by Crippen LogP contribution is -2.46. The smallest absolute Gasteiger partial charge is 0.225 e. The summed E-state index contributed by atoms with van der Waals surface area (Å²) in [5, 5.41) is 3.92. The third-order valence-electron chi connectivity index (χ3n) is 5.29. The number of anilines is 1. The first-order valence-corrected chi connectivity index (χ1v) is 9.15. The van der Waals surface area contributed by atoms with Crippen LogP contribution in [0.25, 0.3) is 11.0 Å². The summed E-state index contributed by atoms with van der Waals surface area (Å²) in [6, 6.07) is 3.13. The summed E-state index contributed by atoms with van der Waals surface area (Å²) in [7, 11) is 2.01. The standard InChI is InChI=1S/C17H24ClN5O/c1-22-7-6-14-15(22)16(21-17(18)20-14)19-12-2-4-13(5-3-12)23-8-10-24-11-9-23/h6-7,12-13H,2-5,8-11H2,1H3,(H,19,20,21). The number of aryl methyl sites for hydroxylation is 1. The van der Waals surface area contributed by atoms with E-state index in [9.17, 15) is 0 Å². The van der Waals surface area contributed by atoms with Crippen molar-refractivity contribution in [3.63, 3.8) is 0 Å². The molecule has 3 heterocycles. The molecule has 0 bridgehead atoms. The summed E-state index contributed by atoms with van der Waals surface area (Å²) < 4.78 is 7.51. The summed E-state index contributed by atoms with van der Waals surface area (Å²) in [5.74, 6) is 0.854. The Hall–Kier alpha value is -1.37. The number of hydrogen-bond donors (Lipinski definition) is 1. The Balaban J connectivity index is 1.43. The number of nitrogens with one attached hydrogen (secondary N) is 1. The molecule has 1 aliphatic carbocycles. The number of morpholine rings is 1. The lowest BCUT2D eigenvalue weighted by Gasteiger charge is -2.39. The summed E-state index contributed by atoms with van der Waals surface area (Å²) in [6.45, 7) is 3.91. The van der Waals surface area contributed by atoms with Crippen LogP contribution in [0.2, 0.25) is 5.28 Å². The van der Waals surface area contributed by atoms with Crippen LogP contribution in [0.1, 0.15) is 25.7 Å². The van der Waals surface area contributed by atoms with E-state index >= 15 is 0 Å². The molecule has 0 aromatic carbocycles. The van der Waals surface area contributed by atoms with Gasteiger partial charge in [-0.3, -0.25) is 4.90 Å². The maximum Gasteiger partial charge on any atom is 0.225 e. The molecule has 130 valence electrons. The van der Waals surface area contributed by atoms with Crippen LogP contribution in [-0.2, 0) is 11.8 Å². The first-order chi connectivity index (χ1) is 11.7. The van der Waals surface area contributed by atoms with E-state index in [0.29, 0.717) is 17.4 Å². The Kier molecular flexibility index (Phi) is 4.61. The van der Waals surface area contributed by atoms with Crippen molar-refractivity contribution < 1.29 is 4.74 Å². The maximum atomic E-state index is 6.09. The molecular formula is C17H24ClN5O. The van der Waals surface area contributed by atoms with E-state index in [1.807, 2.05) is 23.9 Å². The number of hydrogen-bond acceptors (Lipinski definition) is 5. The zero-order valence-electron chi connectivity index (χ0n) is 14.0. The zero-order chi connectivity index (χ0) is 16.5. The summed E-state index contributed by atoms with van der Waals surface area (Å²) >= 11 is 6.09. The molecule has 6 nitrogen and oxygen atoms in total. The number of ether oxygens (including phenoxy) is 1. The highest BCUT2D eigenvalue weighted by Gasteiger charge is 2.27. The molecule has 0 unspecified atom stereocenters. The average molecular weight is 350 g/mol. The maximum absolute atomic E-state index is 6.09. The van der Waals surface area contributed by atoms with Crippen LogP contribution < -0.4 is 5.32 Å². The number of fused-ring (bicyclic) bond motifs is 1. The van der Waals surface area contributed by atoms with Gasteiger partial charge in [-0.05, 0) is 43.4 Å². The largest absolute Gasteiger partial charge is 0.379 e. The van der Waals surface area contributed by atoms with Gasteiger partial charge in [0.15, 0.2) is 5.82 Å². The molecule has 0 amide bonds. The second kappa shape index (κ2) is 6.86. The van der Waals surface area contributed by atoms with E-state index in [-0.39, 0.29) is 0 Å². The monoisotopic (exact) mass is 349 g/mol. The highest BCUT2D eigenvalue weighted by molar-refractivity contribution is 6.28. The minimum Gasteiger partial charge on any atom is -0.379 e. The summed E-state index contributed by atoms with van der Waals surface area (Å²) in [4.78, 5) is 11.3. The molecule has 2 aromatic heterocycles. The van der Waals surface area contributed by atoms with Crippen molar-refractivity contribution in [1.29, 1.82) is 0 Å². The molecule has 0 atom stereocenters. The quantitative estimate of drug-likeness (QED) is 0.863. The van der Waals surface area contributed by atoms with Gasteiger partial charge >= 0.3 is 0 Å². The van der Waals surface area contributed by atoms with Gasteiger partial charge in [0.1, 0.15) is 5.52 Å². The molecule has 4 rings (SSSR count). The second-order valence-electron chi connectivity index (χ2n) is 6.80. The van der Waals surface area contributed by atoms with E-state index in [2.05, 4.69) is 20.2 Å². The van der Waals surface area contributed by atoms with Gasteiger partial charge in [0.25, 0.3) is 0 Å². The molecule has 2 fully saturated rings. The lowest BCUT2D eigenvalue weighted by molar-refractivity contribution is 0.00791. The fraction of sp³-hybridized carbons (Fsp3) is 0.647. The van der Waals surface area contributed by atoms with Gasteiger partial charge in [-0.2, -0.15) is 4.98 Å². The van der Waals surface area contributed by atoms with Gasteiger partial charge in [0, 0.05) is 38.4 Å². The predicted molar refractivity (Wildman–Crippen MR) is 95.6 cm³/mol. The Labute approximate surface area is 147 Å². The van der Waals surface area contributed by atoms with Gasteiger partial charge in [-0.15, -0.1) is 0 Å².